The van der Waals surface area contributed by atoms with Crippen molar-refractivity contribution in [3.63, 3.8) is 0 Å². The number of hydrogen-bond donors (Lipinski definition) is 3. The van der Waals surface area contributed by atoms with E-state index in [-0.39, 0.29) is 5.91 Å². The van der Waals surface area contributed by atoms with Crippen molar-refractivity contribution in [3.8, 4) is 0 Å². The highest BCUT2D eigenvalue weighted by Gasteiger charge is 2.08. The number of nitrogens with two attached hydrogens (primary N) is 1. The molecule has 1 heterocycles. The fourth-order valence-electron chi connectivity index (χ4n) is 1.61. The largest absolute Gasteiger partial charge is 0.398 e. The predicted octanol–water partition coefficient (Wildman–Crippen LogP) is 1.54. The van der Waals surface area contributed by atoms with E-state index in [2.05, 4.69) is 15.5 Å². The van der Waals surface area contributed by atoms with E-state index in [0.29, 0.717) is 17.8 Å². The summed E-state index contributed by atoms with van der Waals surface area (Å²) in [5, 5.41) is 9.56. The zero-order valence-corrected chi connectivity index (χ0v) is 10.4. The molecule has 18 heavy (non-hydrogen) atoms. The Labute approximate surface area is 105 Å². The molecule has 5 heteroatoms. The zero-order chi connectivity index (χ0) is 13.1. The lowest BCUT2D eigenvalue weighted by Crippen LogP contribution is -2.23. The fourth-order valence-corrected chi connectivity index (χ4v) is 1.61. The number of aromatic nitrogens is 2. The monoisotopic (exact) mass is 244 g/mol. The van der Waals surface area contributed by atoms with E-state index in [1.165, 1.54) is 0 Å². The maximum absolute atomic E-state index is 11.9. The molecule has 0 saturated carbocycles. The molecule has 1 aromatic heterocycles. The molecule has 1 amide bonds. The highest BCUT2D eigenvalue weighted by atomic mass is 16.1. The van der Waals surface area contributed by atoms with Crippen LogP contribution in [0, 0.1) is 13.8 Å². The summed E-state index contributed by atoms with van der Waals surface area (Å²) in [6.07, 6.45) is 1.71. The molecule has 0 spiro atoms. The first-order valence-corrected chi connectivity index (χ1v) is 5.71. The van der Waals surface area contributed by atoms with Crippen LogP contribution in [-0.2, 0) is 6.54 Å². The number of carbonyl (C=O) groups excluding carboxylic acids is 1. The maximum atomic E-state index is 11.9. The third-order valence-corrected chi connectivity index (χ3v) is 2.92. The summed E-state index contributed by atoms with van der Waals surface area (Å²) in [4.78, 5) is 11.9. The minimum atomic E-state index is -0.137. The molecule has 0 saturated heterocycles. The molecule has 0 radical (unpaired) electrons. The van der Waals surface area contributed by atoms with Gasteiger partial charge in [0.2, 0.25) is 0 Å². The van der Waals surface area contributed by atoms with Crippen molar-refractivity contribution < 1.29 is 4.79 Å². The average molecular weight is 244 g/mol. The Morgan fingerprint density at radius 2 is 2.22 bits per heavy atom. The summed E-state index contributed by atoms with van der Waals surface area (Å²) in [5.74, 6) is -0.137. The standard InChI is InChI=1S/C13H16N4O/c1-8-3-4-10(5-12(8)14)13(18)15-6-11-7-16-17-9(11)2/h3-5,7H,6,14H2,1-2H3,(H,15,18)(H,16,17). The van der Waals surface area contributed by atoms with Crippen molar-refractivity contribution in [2.24, 2.45) is 0 Å². The van der Waals surface area contributed by atoms with Crippen LogP contribution in [0.3, 0.4) is 0 Å². The minimum absolute atomic E-state index is 0.137. The van der Waals surface area contributed by atoms with Gasteiger partial charge in [0, 0.05) is 29.1 Å². The van der Waals surface area contributed by atoms with Gasteiger partial charge in [0.15, 0.2) is 0 Å². The Morgan fingerprint density at radius 1 is 1.44 bits per heavy atom. The van der Waals surface area contributed by atoms with Gasteiger partial charge in [-0.25, -0.2) is 0 Å². The molecule has 0 atom stereocenters. The smallest absolute Gasteiger partial charge is 0.251 e. The number of amides is 1. The number of aryl methyl sites for hydroxylation is 2. The predicted molar refractivity (Wildman–Crippen MR) is 70.1 cm³/mol. The number of H-pyrrole nitrogens is 1. The van der Waals surface area contributed by atoms with Crippen molar-refractivity contribution in [2.45, 2.75) is 20.4 Å². The van der Waals surface area contributed by atoms with Gasteiger partial charge in [-0.1, -0.05) is 6.07 Å². The van der Waals surface area contributed by atoms with Crippen LogP contribution >= 0.6 is 0 Å². The summed E-state index contributed by atoms with van der Waals surface area (Å²) in [7, 11) is 0. The quantitative estimate of drug-likeness (QED) is 0.716. The number of hydrogen-bond acceptors (Lipinski definition) is 3. The molecule has 4 N–H and O–H groups in total. The molecular formula is C13H16N4O. The van der Waals surface area contributed by atoms with Gasteiger partial charge in [-0.3, -0.25) is 9.89 Å². The van der Waals surface area contributed by atoms with E-state index >= 15 is 0 Å². The van der Waals surface area contributed by atoms with Gasteiger partial charge in [0.05, 0.1) is 6.20 Å². The first-order chi connectivity index (χ1) is 8.58. The number of carbonyl (C=O) groups is 1. The van der Waals surface area contributed by atoms with Gasteiger partial charge in [-0.15, -0.1) is 0 Å². The topological polar surface area (TPSA) is 83.8 Å². The van der Waals surface area contributed by atoms with Crippen LogP contribution in [0.25, 0.3) is 0 Å². The molecule has 0 fully saturated rings. The first-order valence-electron chi connectivity index (χ1n) is 5.71. The molecule has 2 rings (SSSR count). The molecule has 1 aromatic carbocycles. The third kappa shape index (κ3) is 2.51. The lowest BCUT2D eigenvalue weighted by Gasteiger charge is -2.06. The zero-order valence-electron chi connectivity index (χ0n) is 10.4. The number of nitrogens with one attached hydrogen (secondary N) is 2. The Hall–Kier alpha value is -2.30. The second-order valence-electron chi connectivity index (χ2n) is 4.27. The Kier molecular flexibility index (Phi) is 3.32. The van der Waals surface area contributed by atoms with Gasteiger partial charge in [-0.2, -0.15) is 5.10 Å². The van der Waals surface area contributed by atoms with E-state index in [4.69, 9.17) is 5.73 Å². The van der Waals surface area contributed by atoms with Crippen LogP contribution in [-0.4, -0.2) is 16.1 Å². The summed E-state index contributed by atoms with van der Waals surface area (Å²) >= 11 is 0. The van der Waals surface area contributed by atoms with Crippen molar-refractivity contribution in [1.29, 1.82) is 0 Å². The van der Waals surface area contributed by atoms with Gasteiger partial charge in [0.1, 0.15) is 0 Å². The van der Waals surface area contributed by atoms with E-state index < -0.39 is 0 Å². The van der Waals surface area contributed by atoms with E-state index in [9.17, 15) is 4.79 Å². The van der Waals surface area contributed by atoms with Crippen molar-refractivity contribution >= 4 is 11.6 Å². The number of rotatable bonds is 3. The van der Waals surface area contributed by atoms with Crippen LogP contribution in [0.5, 0.6) is 0 Å². The van der Waals surface area contributed by atoms with Gasteiger partial charge in [-0.05, 0) is 31.5 Å². The Morgan fingerprint density at radius 3 is 2.83 bits per heavy atom. The second kappa shape index (κ2) is 4.91. The van der Waals surface area contributed by atoms with Gasteiger partial charge < -0.3 is 11.1 Å². The molecule has 0 bridgehead atoms. The van der Waals surface area contributed by atoms with E-state index in [0.717, 1.165) is 16.8 Å². The highest BCUT2D eigenvalue weighted by Crippen LogP contribution is 2.13. The molecule has 5 nitrogen and oxygen atoms in total. The van der Waals surface area contributed by atoms with Gasteiger partial charge >= 0.3 is 0 Å². The number of nitrogens with zero attached hydrogens (tertiary/aromatic N) is 1. The SMILES string of the molecule is Cc1ccc(C(=O)NCc2cn[nH]c2C)cc1N. The van der Waals surface area contributed by atoms with Crippen LogP contribution in [0.4, 0.5) is 5.69 Å². The Balaban J connectivity index is 2.04. The number of nitrogen functional groups attached to an aromatic ring is 1. The third-order valence-electron chi connectivity index (χ3n) is 2.92. The van der Waals surface area contributed by atoms with Crippen LogP contribution in [0.1, 0.15) is 27.2 Å². The molecular weight excluding hydrogens is 228 g/mol. The van der Waals surface area contributed by atoms with Gasteiger partial charge in [0.25, 0.3) is 5.91 Å². The van der Waals surface area contributed by atoms with Crippen molar-refractivity contribution in [2.75, 3.05) is 5.73 Å². The number of aromatic amines is 1. The lowest BCUT2D eigenvalue weighted by atomic mass is 10.1. The average Bonchev–Trinajstić information content (AvgIpc) is 2.75. The second-order valence-corrected chi connectivity index (χ2v) is 4.27. The normalized spacial score (nSPS) is 10.3. The van der Waals surface area contributed by atoms with Crippen molar-refractivity contribution in [3.05, 3.63) is 46.8 Å². The summed E-state index contributed by atoms with van der Waals surface area (Å²) in [6.45, 7) is 4.28. The Bertz CT molecular complexity index is 574. The molecule has 0 unspecified atom stereocenters. The molecule has 0 aliphatic carbocycles. The van der Waals surface area contributed by atoms with Crippen molar-refractivity contribution in [1.82, 2.24) is 15.5 Å². The number of anilines is 1. The maximum Gasteiger partial charge on any atom is 0.251 e. The summed E-state index contributed by atoms with van der Waals surface area (Å²) in [6, 6.07) is 5.30. The molecule has 2 aromatic rings. The minimum Gasteiger partial charge on any atom is -0.398 e. The lowest BCUT2D eigenvalue weighted by molar-refractivity contribution is 0.0951. The first kappa shape index (κ1) is 12.2. The van der Waals surface area contributed by atoms with Crippen LogP contribution < -0.4 is 11.1 Å². The van der Waals surface area contributed by atoms with E-state index in [1.807, 2.05) is 19.9 Å². The van der Waals surface area contributed by atoms with E-state index in [1.54, 1.807) is 18.3 Å². The van der Waals surface area contributed by atoms with Crippen LogP contribution in [0.15, 0.2) is 24.4 Å². The summed E-state index contributed by atoms with van der Waals surface area (Å²) in [5.41, 5.74) is 9.88. The number of benzene rings is 1. The summed E-state index contributed by atoms with van der Waals surface area (Å²) < 4.78 is 0. The molecule has 0 aliphatic heterocycles. The highest BCUT2D eigenvalue weighted by molar-refractivity contribution is 5.95. The molecule has 0 aliphatic rings. The molecule has 94 valence electrons. The van der Waals surface area contributed by atoms with Crippen LogP contribution in [0.2, 0.25) is 0 Å². The fraction of sp³-hybridized carbons (Fsp3) is 0.231.